The quantitative estimate of drug-likeness (QED) is 0.439. The number of nitrogens with one attached hydrogen (secondary N) is 2. The zero-order valence-corrected chi connectivity index (χ0v) is 20.9. The van der Waals surface area contributed by atoms with Gasteiger partial charge in [-0.2, -0.15) is 4.31 Å². The largest absolute Gasteiger partial charge is 0.494 e. The molecule has 2 unspecified atom stereocenters. The minimum absolute atomic E-state index is 0.0895. The first-order chi connectivity index (χ1) is 17.5. The molecule has 5 rings (SSSR count). The van der Waals surface area contributed by atoms with Gasteiger partial charge in [-0.3, -0.25) is 9.78 Å². The van der Waals surface area contributed by atoms with Crippen LogP contribution < -0.4 is 15.4 Å². The molecule has 2 fully saturated rings. The van der Waals surface area contributed by atoms with Gasteiger partial charge in [0, 0.05) is 37.4 Å². The van der Waals surface area contributed by atoms with Crippen molar-refractivity contribution in [2.24, 2.45) is 11.8 Å². The molecular weight excluding hydrogens is 476 g/mol. The first kappa shape index (κ1) is 24.4. The molecule has 9 heteroatoms. The van der Waals surface area contributed by atoms with Crippen molar-refractivity contribution in [1.29, 1.82) is 0 Å². The normalized spacial score (nSPS) is 20.7. The minimum Gasteiger partial charge on any atom is -0.494 e. The van der Waals surface area contributed by atoms with Crippen LogP contribution in [0.5, 0.6) is 5.75 Å². The lowest BCUT2D eigenvalue weighted by molar-refractivity contribution is 0.0946. The Hall–Kier alpha value is -3.27. The zero-order chi connectivity index (χ0) is 25.1. The van der Waals surface area contributed by atoms with Crippen LogP contribution in [-0.4, -0.2) is 49.4 Å². The Morgan fingerprint density at radius 1 is 1.03 bits per heavy atom. The summed E-state index contributed by atoms with van der Waals surface area (Å²) in [6, 6.07) is 19.2. The lowest BCUT2D eigenvalue weighted by atomic mass is 10.1. The predicted molar refractivity (Wildman–Crippen MR) is 136 cm³/mol. The number of benzene rings is 2. The molecule has 2 heterocycles. The van der Waals surface area contributed by atoms with Crippen molar-refractivity contribution in [3.05, 3.63) is 89.7 Å². The molecule has 0 radical (unpaired) electrons. The third-order valence-electron chi connectivity index (χ3n) is 6.80. The van der Waals surface area contributed by atoms with Crippen LogP contribution in [-0.2, 0) is 23.1 Å². The van der Waals surface area contributed by atoms with Gasteiger partial charge in [-0.15, -0.1) is 0 Å². The SMILES string of the molecule is CCOc1ccc(S(=O)(=O)N(Cc2ccc(C(=O)NC3C4CNCC43)cc2)Cc2ccccn2)cc1. The summed E-state index contributed by atoms with van der Waals surface area (Å²) in [5, 5.41) is 6.44. The average molecular weight is 507 g/mol. The molecular formula is C27H30N4O4S. The number of hydrogen-bond donors (Lipinski definition) is 2. The van der Waals surface area contributed by atoms with Crippen molar-refractivity contribution in [2.45, 2.75) is 31.0 Å². The summed E-state index contributed by atoms with van der Waals surface area (Å²) in [5.41, 5.74) is 2.00. The Balaban J connectivity index is 1.32. The van der Waals surface area contributed by atoms with E-state index in [9.17, 15) is 13.2 Å². The lowest BCUT2D eigenvalue weighted by Gasteiger charge is -2.22. The van der Waals surface area contributed by atoms with E-state index in [0.29, 0.717) is 35.4 Å². The molecule has 8 nitrogen and oxygen atoms in total. The molecule has 2 atom stereocenters. The second kappa shape index (κ2) is 10.4. The molecule has 188 valence electrons. The highest BCUT2D eigenvalue weighted by Crippen LogP contribution is 2.41. The highest BCUT2D eigenvalue weighted by atomic mass is 32.2. The van der Waals surface area contributed by atoms with Crippen molar-refractivity contribution in [3.63, 3.8) is 0 Å². The molecule has 0 bridgehead atoms. The molecule has 0 spiro atoms. The summed E-state index contributed by atoms with van der Waals surface area (Å²) in [7, 11) is -3.82. The maximum atomic E-state index is 13.6. The summed E-state index contributed by atoms with van der Waals surface area (Å²) in [6.45, 7) is 4.57. The van der Waals surface area contributed by atoms with Gasteiger partial charge in [0.25, 0.3) is 5.91 Å². The van der Waals surface area contributed by atoms with E-state index in [-0.39, 0.29) is 29.9 Å². The van der Waals surface area contributed by atoms with Crippen LogP contribution in [0.1, 0.15) is 28.5 Å². The van der Waals surface area contributed by atoms with Crippen molar-refractivity contribution in [1.82, 2.24) is 19.9 Å². The van der Waals surface area contributed by atoms with E-state index in [1.807, 2.05) is 25.1 Å². The van der Waals surface area contributed by atoms with Gasteiger partial charge in [-0.1, -0.05) is 18.2 Å². The minimum atomic E-state index is -3.82. The summed E-state index contributed by atoms with van der Waals surface area (Å²) in [5.74, 6) is 1.61. The van der Waals surface area contributed by atoms with Gasteiger partial charge in [-0.05, 0) is 72.9 Å². The number of ether oxygens (including phenoxy) is 1. The Bertz CT molecular complexity index is 1290. The predicted octanol–water partition coefficient (Wildman–Crippen LogP) is 2.82. The second-order valence-electron chi connectivity index (χ2n) is 9.18. The standard InChI is InChI=1S/C27H30N4O4S/c1-2-35-22-10-12-23(13-11-22)36(33,34)31(18-21-5-3-4-14-29-21)17-19-6-8-20(9-7-19)27(32)30-26-24-15-28-16-25(24)26/h3-14,24-26,28H,2,15-18H2,1H3,(H,30,32). The monoisotopic (exact) mass is 506 g/mol. The molecule has 1 amide bonds. The first-order valence-electron chi connectivity index (χ1n) is 12.2. The van der Waals surface area contributed by atoms with Crippen LogP contribution in [0.3, 0.4) is 0 Å². The number of carbonyl (C=O) groups is 1. The molecule has 2 N–H and O–H groups in total. The molecule has 2 aromatic carbocycles. The van der Waals surface area contributed by atoms with Crippen molar-refractivity contribution in [3.8, 4) is 5.75 Å². The van der Waals surface area contributed by atoms with E-state index in [1.54, 1.807) is 54.7 Å². The van der Waals surface area contributed by atoms with Gasteiger partial charge in [0.1, 0.15) is 5.75 Å². The van der Waals surface area contributed by atoms with Crippen LogP contribution in [0.4, 0.5) is 0 Å². The number of carbonyl (C=O) groups excluding carboxylic acids is 1. The number of fused-ring (bicyclic) bond motifs is 1. The number of rotatable bonds is 10. The Morgan fingerprint density at radius 2 is 1.75 bits per heavy atom. The molecule has 1 saturated heterocycles. The summed E-state index contributed by atoms with van der Waals surface area (Å²) in [6.07, 6.45) is 1.65. The molecule has 1 aromatic heterocycles. The van der Waals surface area contributed by atoms with Crippen molar-refractivity contribution >= 4 is 15.9 Å². The maximum Gasteiger partial charge on any atom is 0.251 e. The molecule has 1 aliphatic carbocycles. The highest BCUT2D eigenvalue weighted by molar-refractivity contribution is 7.89. The van der Waals surface area contributed by atoms with Crippen molar-refractivity contribution < 1.29 is 17.9 Å². The first-order valence-corrected chi connectivity index (χ1v) is 13.6. The third kappa shape index (κ3) is 5.28. The number of sulfonamides is 1. The summed E-state index contributed by atoms with van der Waals surface area (Å²) < 4.78 is 34.0. The van der Waals surface area contributed by atoms with E-state index in [4.69, 9.17) is 4.74 Å². The molecule has 2 aliphatic rings. The van der Waals surface area contributed by atoms with E-state index >= 15 is 0 Å². The van der Waals surface area contributed by atoms with Gasteiger partial charge in [0.2, 0.25) is 10.0 Å². The number of aromatic nitrogens is 1. The van der Waals surface area contributed by atoms with Gasteiger partial charge in [0.15, 0.2) is 0 Å². The van der Waals surface area contributed by atoms with Crippen molar-refractivity contribution in [2.75, 3.05) is 19.7 Å². The molecule has 1 aliphatic heterocycles. The van der Waals surface area contributed by atoms with E-state index in [1.165, 1.54) is 4.31 Å². The zero-order valence-electron chi connectivity index (χ0n) is 20.1. The molecule has 3 aromatic rings. The Morgan fingerprint density at radius 3 is 2.39 bits per heavy atom. The van der Waals surface area contributed by atoms with Crippen LogP contribution in [0.15, 0.2) is 77.8 Å². The summed E-state index contributed by atoms with van der Waals surface area (Å²) >= 11 is 0. The van der Waals surface area contributed by atoms with Crippen LogP contribution in [0, 0.1) is 11.8 Å². The average Bonchev–Trinajstić information content (AvgIpc) is 3.29. The Kier molecular flexibility index (Phi) is 7.04. The van der Waals surface area contributed by atoms with Crippen LogP contribution >= 0.6 is 0 Å². The molecule has 1 saturated carbocycles. The smallest absolute Gasteiger partial charge is 0.251 e. The van der Waals surface area contributed by atoms with Crippen LogP contribution in [0.2, 0.25) is 0 Å². The van der Waals surface area contributed by atoms with Crippen LogP contribution in [0.25, 0.3) is 0 Å². The van der Waals surface area contributed by atoms with E-state index < -0.39 is 10.0 Å². The Labute approximate surface area is 211 Å². The van der Waals surface area contributed by atoms with Gasteiger partial charge in [0.05, 0.1) is 23.7 Å². The van der Waals surface area contributed by atoms with E-state index in [2.05, 4.69) is 15.6 Å². The number of amides is 1. The van der Waals surface area contributed by atoms with Gasteiger partial charge in [-0.25, -0.2) is 8.42 Å². The maximum absolute atomic E-state index is 13.6. The van der Waals surface area contributed by atoms with Gasteiger partial charge < -0.3 is 15.4 Å². The third-order valence-corrected chi connectivity index (χ3v) is 8.61. The fourth-order valence-electron chi connectivity index (χ4n) is 4.75. The number of hydrogen-bond acceptors (Lipinski definition) is 6. The molecule has 36 heavy (non-hydrogen) atoms. The topological polar surface area (TPSA) is 101 Å². The number of nitrogens with zero attached hydrogens (tertiary/aromatic N) is 2. The summed E-state index contributed by atoms with van der Waals surface area (Å²) in [4.78, 5) is 17.2. The lowest BCUT2D eigenvalue weighted by Crippen LogP contribution is -2.32. The van der Waals surface area contributed by atoms with E-state index in [0.717, 1.165) is 18.7 Å². The number of piperidine rings is 1. The highest BCUT2D eigenvalue weighted by Gasteiger charge is 2.53. The fraction of sp³-hybridized carbons (Fsp3) is 0.333. The number of pyridine rings is 1. The fourth-order valence-corrected chi connectivity index (χ4v) is 6.15. The van der Waals surface area contributed by atoms with Gasteiger partial charge >= 0.3 is 0 Å². The second-order valence-corrected chi connectivity index (χ2v) is 11.1.